The third-order valence-electron chi connectivity index (χ3n) is 4.77. The van der Waals surface area contributed by atoms with Crippen LogP contribution < -0.4 is 9.47 Å². The van der Waals surface area contributed by atoms with E-state index in [-0.39, 0.29) is 23.0 Å². The predicted molar refractivity (Wildman–Crippen MR) is 91.2 cm³/mol. The number of likely N-dealkylation sites (tertiary alicyclic amines) is 1. The van der Waals surface area contributed by atoms with Gasteiger partial charge in [0.1, 0.15) is 11.6 Å². The number of carbonyl (C=O) groups is 1. The van der Waals surface area contributed by atoms with Crippen LogP contribution in [0.15, 0.2) is 36.4 Å². The Morgan fingerprint density at radius 3 is 2.19 bits per heavy atom. The fourth-order valence-corrected chi connectivity index (χ4v) is 3.34. The Balaban J connectivity index is 1.57. The summed E-state index contributed by atoms with van der Waals surface area (Å²) >= 11 is 0. The minimum atomic E-state index is -0.784. The first-order valence-corrected chi connectivity index (χ1v) is 8.83. The van der Waals surface area contributed by atoms with Gasteiger partial charge in [-0.25, -0.2) is 8.78 Å². The van der Waals surface area contributed by atoms with Gasteiger partial charge in [-0.05, 0) is 43.2 Å². The molecule has 1 saturated heterocycles. The number of amides is 1. The number of hydrogen-bond acceptors (Lipinski definition) is 3. The number of nitrogens with zero attached hydrogens (tertiary/aromatic N) is 1. The monoisotopic (exact) mass is 359 g/mol. The minimum absolute atomic E-state index is 0.00555. The Morgan fingerprint density at radius 2 is 1.54 bits per heavy atom. The van der Waals surface area contributed by atoms with E-state index >= 15 is 0 Å². The Hall–Kier alpha value is -2.63. The van der Waals surface area contributed by atoms with E-state index in [1.54, 1.807) is 17.0 Å². The maximum Gasteiger partial charge on any atom is 0.267 e. The average molecular weight is 359 g/mol. The number of halogens is 2. The largest absolute Gasteiger partial charge is 0.447 e. The Bertz CT molecular complexity index is 815. The Morgan fingerprint density at radius 1 is 0.923 bits per heavy atom. The van der Waals surface area contributed by atoms with E-state index in [0.717, 1.165) is 25.7 Å². The van der Waals surface area contributed by atoms with E-state index in [1.165, 1.54) is 24.3 Å². The van der Waals surface area contributed by atoms with Gasteiger partial charge >= 0.3 is 0 Å². The van der Waals surface area contributed by atoms with E-state index in [2.05, 4.69) is 0 Å². The van der Waals surface area contributed by atoms with Gasteiger partial charge in [-0.2, -0.15) is 0 Å². The van der Waals surface area contributed by atoms with E-state index in [0.29, 0.717) is 24.4 Å². The van der Waals surface area contributed by atoms with Gasteiger partial charge in [0.2, 0.25) is 0 Å². The van der Waals surface area contributed by atoms with Crippen LogP contribution in [0.2, 0.25) is 0 Å². The number of benzene rings is 2. The van der Waals surface area contributed by atoms with Gasteiger partial charge in [-0.15, -0.1) is 0 Å². The molecule has 2 aromatic carbocycles. The highest BCUT2D eigenvalue weighted by atomic mass is 19.1. The second-order valence-corrected chi connectivity index (χ2v) is 6.60. The molecular formula is C20H19F2NO3. The topological polar surface area (TPSA) is 38.8 Å². The SMILES string of the molecule is O=C(c1cc2c(cc1F)OC(c1ccc(F)cc1)O2)N1CCCCCC1. The van der Waals surface area contributed by atoms with Crippen molar-refractivity contribution in [1.29, 1.82) is 0 Å². The van der Waals surface area contributed by atoms with Crippen molar-refractivity contribution in [3.05, 3.63) is 59.2 Å². The van der Waals surface area contributed by atoms with Crippen LogP contribution in [0.4, 0.5) is 8.78 Å². The second-order valence-electron chi connectivity index (χ2n) is 6.60. The van der Waals surface area contributed by atoms with Crippen LogP contribution in [-0.2, 0) is 0 Å². The van der Waals surface area contributed by atoms with Crippen molar-refractivity contribution in [2.24, 2.45) is 0 Å². The molecule has 0 saturated carbocycles. The molecule has 1 amide bonds. The number of hydrogen-bond donors (Lipinski definition) is 0. The fourth-order valence-electron chi connectivity index (χ4n) is 3.34. The van der Waals surface area contributed by atoms with Crippen LogP contribution in [0.5, 0.6) is 11.5 Å². The number of rotatable bonds is 2. The molecular weight excluding hydrogens is 340 g/mol. The summed E-state index contributed by atoms with van der Waals surface area (Å²) in [5, 5.41) is 0. The van der Waals surface area contributed by atoms with Crippen molar-refractivity contribution in [2.45, 2.75) is 32.0 Å². The minimum Gasteiger partial charge on any atom is -0.447 e. The smallest absolute Gasteiger partial charge is 0.267 e. The van der Waals surface area contributed by atoms with Crippen LogP contribution >= 0.6 is 0 Å². The van der Waals surface area contributed by atoms with Crippen molar-refractivity contribution >= 4 is 5.91 Å². The molecule has 2 aromatic rings. The Kier molecular flexibility index (Phi) is 4.49. The molecule has 1 unspecified atom stereocenters. The normalized spacial score (nSPS) is 19.3. The van der Waals surface area contributed by atoms with Crippen LogP contribution in [-0.4, -0.2) is 23.9 Å². The van der Waals surface area contributed by atoms with E-state index in [9.17, 15) is 13.6 Å². The summed E-state index contributed by atoms with van der Waals surface area (Å²) in [7, 11) is 0. The molecule has 0 aliphatic carbocycles. The maximum absolute atomic E-state index is 14.5. The first-order valence-electron chi connectivity index (χ1n) is 8.83. The quantitative estimate of drug-likeness (QED) is 0.795. The summed E-state index contributed by atoms with van der Waals surface area (Å²) < 4.78 is 38.9. The lowest BCUT2D eigenvalue weighted by molar-refractivity contribution is 0.0485. The number of ether oxygens (including phenoxy) is 2. The maximum atomic E-state index is 14.5. The van der Waals surface area contributed by atoms with Crippen molar-refractivity contribution in [3.8, 4) is 11.5 Å². The van der Waals surface area contributed by atoms with Gasteiger partial charge in [-0.3, -0.25) is 4.79 Å². The summed E-state index contributed by atoms with van der Waals surface area (Å²) in [5.41, 5.74) is 0.609. The standard InChI is InChI=1S/C20H19F2NO3/c21-14-7-5-13(6-8-14)20-25-17-11-15(16(22)12-18(17)26-20)19(24)23-9-3-1-2-4-10-23/h5-8,11-12,20H,1-4,9-10H2. The van der Waals surface area contributed by atoms with Gasteiger partial charge in [0, 0.05) is 24.7 Å². The van der Waals surface area contributed by atoms with Crippen LogP contribution in [0, 0.1) is 11.6 Å². The van der Waals surface area contributed by atoms with E-state index < -0.39 is 12.1 Å². The molecule has 0 bridgehead atoms. The van der Waals surface area contributed by atoms with E-state index in [1.807, 2.05) is 0 Å². The van der Waals surface area contributed by atoms with Crippen molar-refractivity contribution in [1.82, 2.24) is 4.90 Å². The third-order valence-corrected chi connectivity index (χ3v) is 4.77. The summed E-state index contributed by atoms with van der Waals surface area (Å²) in [6.45, 7) is 1.29. The average Bonchev–Trinajstić information content (AvgIpc) is 2.86. The molecule has 6 heteroatoms. The lowest BCUT2D eigenvalue weighted by Crippen LogP contribution is -2.32. The molecule has 2 aliphatic rings. The fraction of sp³-hybridized carbons (Fsp3) is 0.350. The first kappa shape index (κ1) is 16.8. The Labute approximate surface area is 150 Å². The highest BCUT2D eigenvalue weighted by molar-refractivity contribution is 5.95. The van der Waals surface area contributed by atoms with Gasteiger partial charge in [0.25, 0.3) is 12.2 Å². The highest BCUT2D eigenvalue weighted by Crippen LogP contribution is 2.42. The second kappa shape index (κ2) is 6.94. The van der Waals surface area contributed by atoms with Crippen molar-refractivity contribution in [2.75, 3.05) is 13.1 Å². The van der Waals surface area contributed by atoms with Crippen LogP contribution in [0.1, 0.15) is 47.9 Å². The number of fused-ring (bicyclic) bond motifs is 1. The zero-order valence-electron chi connectivity index (χ0n) is 14.2. The first-order chi connectivity index (χ1) is 12.6. The summed E-state index contributed by atoms with van der Waals surface area (Å²) in [4.78, 5) is 14.4. The third kappa shape index (κ3) is 3.23. The van der Waals surface area contributed by atoms with Crippen LogP contribution in [0.25, 0.3) is 0 Å². The molecule has 1 atom stereocenters. The van der Waals surface area contributed by atoms with Gasteiger partial charge in [0.05, 0.1) is 5.56 Å². The number of carbonyl (C=O) groups excluding carboxylic acids is 1. The van der Waals surface area contributed by atoms with Gasteiger partial charge in [-0.1, -0.05) is 12.8 Å². The predicted octanol–water partition coefficient (Wildman–Crippen LogP) is 4.45. The molecule has 0 N–H and O–H groups in total. The molecule has 4 rings (SSSR count). The molecule has 2 aliphatic heterocycles. The molecule has 0 spiro atoms. The summed E-state index contributed by atoms with van der Waals surface area (Å²) in [6.07, 6.45) is 3.27. The zero-order valence-corrected chi connectivity index (χ0v) is 14.2. The molecule has 26 heavy (non-hydrogen) atoms. The molecule has 136 valence electrons. The van der Waals surface area contributed by atoms with E-state index in [4.69, 9.17) is 9.47 Å². The van der Waals surface area contributed by atoms with Crippen molar-refractivity contribution < 1.29 is 23.0 Å². The lowest BCUT2D eigenvalue weighted by atomic mass is 10.1. The lowest BCUT2D eigenvalue weighted by Gasteiger charge is -2.20. The molecule has 0 aromatic heterocycles. The van der Waals surface area contributed by atoms with Gasteiger partial charge < -0.3 is 14.4 Å². The highest BCUT2D eigenvalue weighted by Gasteiger charge is 2.30. The zero-order chi connectivity index (χ0) is 18.1. The van der Waals surface area contributed by atoms with Crippen LogP contribution in [0.3, 0.4) is 0 Å². The summed E-state index contributed by atoms with van der Waals surface area (Å²) in [6, 6.07) is 8.29. The molecule has 0 radical (unpaired) electrons. The molecule has 1 fully saturated rings. The van der Waals surface area contributed by atoms with Crippen molar-refractivity contribution in [3.63, 3.8) is 0 Å². The molecule has 2 heterocycles. The summed E-state index contributed by atoms with van der Waals surface area (Å²) in [5.74, 6) is -0.744. The van der Waals surface area contributed by atoms with Gasteiger partial charge in [0.15, 0.2) is 11.5 Å². The molecule has 4 nitrogen and oxygen atoms in total.